The van der Waals surface area contributed by atoms with Gasteiger partial charge >= 0.3 is 5.51 Å². The first-order valence-corrected chi connectivity index (χ1v) is 5.72. The number of halogens is 4. The SMILES string of the molecule is CC(=O)Nc1ccc(Br)c(SC(F)(F)F)c1. The van der Waals surface area contributed by atoms with Crippen molar-refractivity contribution in [1.29, 1.82) is 0 Å². The van der Waals surface area contributed by atoms with Gasteiger partial charge in [0.1, 0.15) is 0 Å². The summed E-state index contributed by atoms with van der Waals surface area (Å²) in [7, 11) is 0. The molecule has 0 atom stereocenters. The van der Waals surface area contributed by atoms with Crippen LogP contribution >= 0.6 is 27.7 Å². The molecular weight excluding hydrogens is 307 g/mol. The van der Waals surface area contributed by atoms with Crippen LogP contribution in [0.1, 0.15) is 6.92 Å². The number of carbonyl (C=O) groups is 1. The zero-order valence-corrected chi connectivity index (χ0v) is 10.5. The van der Waals surface area contributed by atoms with Gasteiger partial charge in [-0.15, -0.1) is 0 Å². The fraction of sp³-hybridized carbons (Fsp3) is 0.222. The first-order valence-electron chi connectivity index (χ1n) is 4.11. The van der Waals surface area contributed by atoms with Crippen LogP contribution in [0, 0.1) is 0 Å². The minimum atomic E-state index is -4.35. The van der Waals surface area contributed by atoms with Gasteiger partial charge in [-0.3, -0.25) is 4.79 Å². The molecule has 1 aromatic carbocycles. The molecule has 0 aliphatic carbocycles. The third-order valence-electron chi connectivity index (χ3n) is 1.48. The van der Waals surface area contributed by atoms with E-state index < -0.39 is 5.51 Å². The maximum absolute atomic E-state index is 12.2. The van der Waals surface area contributed by atoms with Gasteiger partial charge < -0.3 is 5.32 Å². The number of anilines is 1. The molecule has 0 bridgehead atoms. The molecule has 1 rings (SSSR count). The summed E-state index contributed by atoms with van der Waals surface area (Å²) < 4.78 is 36.8. The molecule has 0 saturated heterocycles. The van der Waals surface area contributed by atoms with E-state index in [0.29, 0.717) is 10.2 Å². The van der Waals surface area contributed by atoms with Crippen LogP contribution < -0.4 is 5.32 Å². The lowest BCUT2D eigenvalue weighted by atomic mass is 10.3. The Bertz CT molecular complexity index is 408. The number of carbonyl (C=O) groups excluding carboxylic acids is 1. The highest BCUT2D eigenvalue weighted by molar-refractivity contribution is 9.10. The average Bonchev–Trinajstić information content (AvgIpc) is 2.07. The van der Waals surface area contributed by atoms with Crippen LogP contribution in [0.15, 0.2) is 27.6 Å². The highest BCUT2D eigenvalue weighted by Crippen LogP contribution is 2.41. The van der Waals surface area contributed by atoms with Gasteiger partial charge in [0.2, 0.25) is 5.91 Å². The second-order valence-electron chi connectivity index (χ2n) is 2.87. The number of rotatable bonds is 2. The maximum Gasteiger partial charge on any atom is 0.446 e. The smallest absolute Gasteiger partial charge is 0.326 e. The zero-order chi connectivity index (χ0) is 12.3. The van der Waals surface area contributed by atoms with Crippen molar-refractivity contribution >= 4 is 39.3 Å². The molecule has 0 aromatic heterocycles. The van der Waals surface area contributed by atoms with E-state index in [2.05, 4.69) is 21.2 Å². The first-order chi connectivity index (χ1) is 7.28. The Morgan fingerprint density at radius 3 is 2.56 bits per heavy atom. The third-order valence-corrected chi connectivity index (χ3v) is 3.22. The normalized spacial score (nSPS) is 11.3. The molecule has 16 heavy (non-hydrogen) atoms. The number of nitrogens with one attached hydrogen (secondary N) is 1. The van der Waals surface area contributed by atoms with Crippen LogP contribution in [0.3, 0.4) is 0 Å². The van der Waals surface area contributed by atoms with E-state index in [-0.39, 0.29) is 22.6 Å². The third kappa shape index (κ3) is 4.44. The zero-order valence-electron chi connectivity index (χ0n) is 8.06. The van der Waals surface area contributed by atoms with E-state index in [1.165, 1.54) is 25.1 Å². The fourth-order valence-electron chi connectivity index (χ4n) is 0.987. The number of hydrogen-bond donors (Lipinski definition) is 1. The number of alkyl halides is 3. The standard InChI is InChI=1S/C9H7BrF3NOS/c1-5(15)14-6-2-3-7(10)8(4-6)16-9(11,12)13/h2-4H,1H3,(H,14,15). The molecule has 0 spiro atoms. The number of hydrogen-bond acceptors (Lipinski definition) is 2. The van der Waals surface area contributed by atoms with Crippen molar-refractivity contribution in [2.45, 2.75) is 17.3 Å². The molecule has 1 N–H and O–H groups in total. The Balaban J connectivity index is 2.95. The van der Waals surface area contributed by atoms with Gasteiger partial charge in [0, 0.05) is 22.0 Å². The number of amides is 1. The Labute approximate surface area is 103 Å². The molecular formula is C9H7BrF3NOS. The van der Waals surface area contributed by atoms with E-state index in [1.807, 2.05) is 0 Å². The second kappa shape index (κ2) is 5.09. The molecule has 7 heteroatoms. The summed E-state index contributed by atoms with van der Waals surface area (Å²) in [5, 5.41) is 2.42. The summed E-state index contributed by atoms with van der Waals surface area (Å²) in [6.45, 7) is 1.29. The molecule has 1 aromatic rings. The topological polar surface area (TPSA) is 29.1 Å². The van der Waals surface area contributed by atoms with E-state index in [0.717, 1.165) is 0 Å². The maximum atomic E-state index is 12.2. The minimum absolute atomic E-state index is 0.0127. The van der Waals surface area contributed by atoms with Crippen LogP contribution in [-0.4, -0.2) is 11.4 Å². The van der Waals surface area contributed by atoms with Crippen LogP contribution in [0.2, 0.25) is 0 Å². The predicted octanol–water partition coefficient (Wildman–Crippen LogP) is 4.02. The molecule has 0 unspecified atom stereocenters. The van der Waals surface area contributed by atoms with Gasteiger partial charge in [0.15, 0.2) is 0 Å². The van der Waals surface area contributed by atoms with Crippen molar-refractivity contribution in [3.8, 4) is 0 Å². The molecule has 0 radical (unpaired) electrons. The monoisotopic (exact) mass is 313 g/mol. The summed E-state index contributed by atoms with van der Waals surface area (Å²) in [6, 6.07) is 4.24. The van der Waals surface area contributed by atoms with Crippen LogP contribution in [0.5, 0.6) is 0 Å². The number of thioether (sulfide) groups is 1. The van der Waals surface area contributed by atoms with Crippen molar-refractivity contribution in [2.75, 3.05) is 5.32 Å². The quantitative estimate of drug-likeness (QED) is 0.836. The molecule has 0 saturated carbocycles. The summed E-state index contributed by atoms with van der Waals surface area (Å²) >= 11 is 2.79. The summed E-state index contributed by atoms with van der Waals surface area (Å²) in [5.41, 5.74) is -4.01. The van der Waals surface area contributed by atoms with Gasteiger partial charge in [0.05, 0.1) is 0 Å². The molecule has 88 valence electrons. The van der Waals surface area contributed by atoms with Crippen molar-refractivity contribution < 1.29 is 18.0 Å². The first kappa shape index (κ1) is 13.4. The average molecular weight is 314 g/mol. The predicted molar refractivity (Wildman–Crippen MR) is 60.4 cm³/mol. The Morgan fingerprint density at radius 2 is 2.06 bits per heavy atom. The highest BCUT2D eigenvalue weighted by Gasteiger charge is 2.30. The van der Waals surface area contributed by atoms with Crippen molar-refractivity contribution in [1.82, 2.24) is 0 Å². The van der Waals surface area contributed by atoms with Crippen molar-refractivity contribution in [3.63, 3.8) is 0 Å². The minimum Gasteiger partial charge on any atom is -0.326 e. The van der Waals surface area contributed by atoms with Gasteiger partial charge in [0.25, 0.3) is 0 Å². The number of benzene rings is 1. The van der Waals surface area contributed by atoms with Gasteiger partial charge in [-0.1, -0.05) is 0 Å². The summed E-state index contributed by atoms with van der Waals surface area (Å²) in [6.07, 6.45) is 0. The Hall–Kier alpha value is -0.690. The lowest BCUT2D eigenvalue weighted by molar-refractivity contribution is -0.114. The second-order valence-corrected chi connectivity index (χ2v) is 4.84. The molecule has 1 amide bonds. The molecule has 0 aliphatic heterocycles. The fourth-order valence-corrected chi connectivity index (χ4v) is 2.08. The Morgan fingerprint density at radius 1 is 1.44 bits per heavy atom. The highest BCUT2D eigenvalue weighted by atomic mass is 79.9. The van der Waals surface area contributed by atoms with Crippen LogP contribution in [0.25, 0.3) is 0 Å². The van der Waals surface area contributed by atoms with E-state index >= 15 is 0 Å². The summed E-state index contributed by atoms with van der Waals surface area (Å²) in [5.74, 6) is -0.328. The molecule has 0 aliphatic rings. The lowest BCUT2D eigenvalue weighted by Crippen LogP contribution is -2.06. The van der Waals surface area contributed by atoms with Gasteiger partial charge in [-0.25, -0.2) is 0 Å². The van der Waals surface area contributed by atoms with Crippen molar-refractivity contribution in [2.24, 2.45) is 0 Å². The van der Waals surface area contributed by atoms with E-state index in [4.69, 9.17) is 0 Å². The lowest BCUT2D eigenvalue weighted by Gasteiger charge is -2.09. The summed E-state index contributed by atoms with van der Waals surface area (Å²) in [4.78, 5) is 10.8. The van der Waals surface area contributed by atoms with E-state index in [9.17, 15) is 18.0 Å². The Kier molecular flexibility index (Phi) is 4.26. The molecule has 0 fully saturated rings. The van der Waals surface area contributed by atoms with Gasteiger partial charge in [-0.05, 0) is 45.9 Å². The van der Waals surface area contributed by atoms with Crippen molar-refractivity contribution in [3.05, 3.63) is 22.7 Å². The molecule has 2 nitrogen and oxygen atoms in total. The molecule has 0 heterocycles. The van der Waals surface area contributed by atoms with E-state index in [1.54, 1.807) is 0 Å². The van der Waals surface area contributed by atoms with Gasteiger partial charge in [-0.2, -0.15) is 13.2 Å². The van der Waals surface area contributed by atoms with Crippen LogP contribution in [0.4, 0.5) is 18.9 Å². The largest absolute Gasteiger partial charge is 0.446 e. The van der Waals surface area contributed by atoms with Crippen LogP contribution in [-0.2, 0) is 4.79 Å².